The summed E-state index contributed by atoms with van der Waals surface area (Å²) in [6, 6.07) is 3.74. The average Bonchev–Trinajstić information content (AvgIpc) is 2.67. The van der Waals surface area contributed by atoms with Crippen molar-refractivity contribution >= 4 is 0 Å². The zero-order valence-corrected chi connectivity index (χ0v) is 16.0. The van der Waals surface area contributed by atoms with Crippen LogP contribution in [0.25, 0.3) is 34.4 Å². The summed E-state index contributed by atoms with van der Waals surface area (Å²) < 4.78 is 0. The van der Waals surface area contributed by atoms with Crippen LogP contribution in [0.3, 0.4) is 0 Å². The van der Waals surface area contributed by atoms with Crippen LogP contribution >= 0.6 is 0 Å². The number of aryl methyl sites for hydroxylation is 4. The third-order valence-corrected chi connectivity index (χ3v) is 3.94. The lowest BCUT2D eigenvalue weighted by molar-refractivity contribution is 1.01. The summed E-state index contributed by atoms with van der Waals surface area (Å²) in [5.74, 6) is 0.868. The molecule has 28 heavy (non-hydrogen) atoms. The topological polar surface area (TPSA) is 103 Å². The van der Waals surface area contributed by atoms with Gasteiger partial charge in [0, 0.05) is 23.8 Å². The van der Waals surface area contributed by atoms with E-state index in [0.717, 1.165) is 22.8 Å². The molecule has 0 spiro atoms. The van der Waals surface area contributed by atoms with E-state index >= 15 is 0 Å². The van der Waals surface area contributed by atoms with Crippen molar-refractivity contribution in [1.29, 1.82) is 0 Å². The van der Waals surface area contributed by atoms with Crippen molar-refractivity contribution in [3.05, 3.63) is 59.7 Å². The third kappa shape index (κ3) is 3.71. The van der Waals surface area contributed by atoms with Gasteiger partial charge < -0.3 is 0 Å². The number of rotatable bonds is 3. The maximum absolute atomic E-state index is 4.66. The van der Waals surface area contributed by atoms with Crippen LogP contribution in [0.15, 0.2) is 36.9 Å². The first kappa shape index (κ1) is 17.7. The Morgan fingerprint density at radius 2 is 0.893 bits per heavy atom. The monoisotopic (exact) mass is 370 g/mol. The van der Waals surface area contributed by atoms with Gasteiger partial charge in [0.15, 0.2) is 11.6 Å². The van der Waals surface area contributed by atoms with E-state index in [0.29, 0.717) is 34.4 Å². The molecule has 0 radical (unpaired) electrons. The van der Waals surface area contributed by atoms with Crippen LogP contribution < -0.4 is 0 Å². The minimum atomic E-state index is 0.408. The Morgan fingerprint density at radius 3 is 1.36 bits per heavy atom. The molecule has 0 aliphatic rings. The number of nitrogens with zero attached hydrogens (tertiary/aromatic N) is 8. The Hall–Kier alpha value is -3.68. The van der Waals surface area contributed by atoms with Crippen molar-refractivity contribution in [3.63, 3.8) is 0 Å². The lowest BCUT2D eigenvalue weighted by Crippen LogP contribution is -2.03. The maximum atomic E-state index is 4.66. The van der Waals surface area contributed by atoms with Crippen LogP contribution in [0.1, 0.15) is 22.8 Å². The molecule has 0 saturated carbocycles. The van der Waals surface area contributed by atoms with Gasteiger partial charge in [-0.3, -0.25) is 9.97 Å². The highest BCUT2D eigenvalue weighted by atomic mass is 15.0. The fraction of sp³-hybridized carbons (Fsp3) is 0.200. The second-order valence-electron chi connectivity index (χ2n) is 6.53. The second kappa shape index (κ2) is 7.15. The molecule has 0 aromatic carbocycles. The molecule has 0 aliphatic carbocycles. The molecule has 8 nitrogen and oxygen atoms in total. The van der Waals surface area contributed by atoms with Gasteiger partial charge in [0.05, 0.1) is 35.2 Å². The van der Waals surface area contributed by atoms with Gasteiger partial charge in [-0.2, -0.15) is 0 Å². The molecule has 8 heteroatoms. The molecule has 0 aliphatic heterocycles. The van der Waals surface area contributed by atoms with Gasteiger partial charge in [-0.25, -0.2) is 29.9 Å². The van der Waals surface area contributed by atoms with E-state index in [4.69, 9.17) is 0 Å². The fourth-order valence-corrected chi connectivity index (χ4v) is 2.81. The molecule has 4 aromatic rings. The summed E-state index contributed by atoms with van der Waals surface area (Å²) in [6.45, 7) is 7.61. The standard InChI is InChI=1S/C20H18N8/c1-11-5-12(2)26-19(25-11)20-27-15(17-9-21-7-13(3)23-17)6-16(28-20)18-10-22-8-14(4)24-18/h5-10H,1-4H3. The van der Waals surface area contributed by atoms with E-state index in [1.165, 1.54) is 0 Å². The summed E-state index contributed by atoms with van der Waals surface area (Å²) in [5.41, 5.74) is 5.86. The first-order valence-corrected chi connectivity index (χ1v) is 8.78. The van der Waals surface area contributed by atoms with Gasteiger partial charge in [-0.1, -0.05) is 0 Å². The predicted molar refractivity (Wildman–Crippen MR) is 104 cm³/mol. The Morgan fingerprint density at radius 1 is 0.429 bits per heavy atom. The lowest BCUT2D eigenvalue weighted by Gasteiger charge is -2.08. The quantitative estimate of drug-likeness (QED) is 0.542. The van der Waals surface area contributed by atoms with E-state index in [2.05, 4.69) is 39.9 Å². The Balaban J connectivity index is 1.95. The molecule has 0 atom stereocenters. The summed E-state index contributed by atoms with van der Waals surface area (Å²) in [7, 11) is 0. The zero-order chi connectivity index (χ0) is 19.7. The highest BCUT2D eigenvalue weighted by Crippen LogP contribution is 2.24. The van der Waals surface area contributed by atoms with Crippen LogP contribution in [0, 0.1) is 27.7 Å². The van der Waals surface area contributed by atoms with Gasteiger partial charge in [-0.15, -0.1) is 0 Å². The molecule has 0 unspecified atom stereocenters. The van der Waals surface area contributed by atoms with E-state index in [9.17, 15) is 0 Å². The number of hydrogen-bond donors (Lipinski definition) is 0. The largest absolute Gasteiger partial charge is 0.261 e. The van der Waals surface area contributed by atoms with Crippen LogP contribution in [-0.2, 0) is 0 Å². The summed E-state index contributed by atoms with van der Waals surface area (Å²) in [6.07, 6.45) is 6.75. The Bertz CT molecular complexity index is 1090. The molecule has 4 aromatic heterocycles. The van der Waals surface area contributed by atoms with Crippen LogP contribution in [-0.4, -0.2) is 39.9 Å². The molecule has 0 amide bonds. The second-order valence-corrected chi connectivity index (χ2v) is 6.53. The first-order chi connectivity index (χ1) is 13.5. The van der Waals surface area contributed by atoms with E-state index in [1.54, 1.807) is 24.8 Å². The molecule has 138 valence electrons. The molecule has 4 heterocycles. The normalized spacial score (nSPS) is 10.9. The van der Waals surface area contributed by atoms with Gasteiger partial charge in [-0.05, 0) is 39.8 Å². The Kier molecular flexibility index (Phi) is 4.52. The van der Waals surface area contributed by atoms with Gasteiger partial charge in [0.2, 0.25) is 0 Å². The highest BCUT2D eigenvalue weighted by Gasteiger charge is 2.15. The molecule has 0 fully saturated rings. The summed E-state index contributed by atoms with van der Waals surface area (Å²) in [5, 5.41) is 0. The predicted octanol–water partition coefficient (Wildman–Crippen LogP) is 3.08. The van der Waals surface area contributed by atoms with Gasteiger partial charge in [0.1, 0.15) is 11.4 Å². The van der Waals surface area contributed by atoms with Crippen LogP contribution in [0.5, 0.6) is 0 Å². The molecule has 0 N–H and O–H groups in total. The van der Waals surface area contributed by atoms with Crippen LogP contribution in [0.2, 0.25) is 0 Å². The number of hydrogen-bond acceptors (Lipinski definition) is 8. The van der Waals surface area contributed by atoms with E-state index in [-0.39, 0.29) is 0 Å². The minimum absolute atomic E-state index is 0.408. The van der Waals surface area contributed by atoms with Gasteiger partial charge in [0.25, 0.3) is 0 Å². The van der Waals surface area contributed by atoms with Crippen molar-refractivity contribution in [3.8, 4) is 34.4 Å². The number of aromatic nitrogens is 8. The maximum Gasteiger partial charge on any atom is 0.199 e. The van der Waals surface area contributed by atoms with Crippen molar-refractivity contribution in [2.45, 2.75) is 27.7 Å². The summed E-state index contributed by atoms with van der Waals surface area (Å²) in [4.78, 5) is 35.8. The van der Waals surface area contributed by atoms with Crippen molar-refractivity contribution in [2.24, 2.45) is 0 Å². The third-order valence-electron chi connectivity index (χ3n) is 3.94. The smallest absolute Gasteiger partial charge is 0.199 e. The molecule has 0 bridgehead atoms. The zero-order valence-electron chi connectivity index (χ0n) is 16.0. The molecular weight excluding hydrogens is 352 g/mol. The minimum Gasteiger partial charge on any atom is -0.261 e. The first-order valence-electron chi connectivity index (χ1n) is 8.78. The highest BCUT2D eigenvalue weighted by molar-refractivity contribution is 5.66. The van der Waals surface area contributed by atoms with Crippen molar-refractivity contribution in [2.75, 3.05) is 0 Å². The lowest BCUT2D eigenvalue weighted by atomic mass is 10.2. The summed E-state index contributed by atoms with van der Waals surface area (Å²) >= 11 is 0. The van der Waals surface area contributed by atoms with Crippen molar-refractivity contribution in [1.82, 2.24) is 39.9 Å². The molecule has 0 saturated heterocycles. The van der Waals surface area contributed by atoms with E-state index in [1.807, 2.05) is 39.8 Å². The fourth-order valence-electron chi connectivity index (χ4n) is 2.81. The molecule has 4 rings (SSSR count). The SMILES string of the molecule is Cc1cncc(-c2cc(-c3cncc(C)n3)nc(-c3nc(C)cc(C)n3)n2)n1. The van der Waals surface area contributed by atoms with Gasteiger partial charge >= 0.3 is 0 Å². The average molecular weight is 370 g/mol. The van der Waals surface area contributed by atoms with Crippen LogP contribution in [0.4, 0.5) is 0 Å². The molecular formula is C20H18N8. The Labute approximate surface area is 162 Å². The van der Waals surface area contributed by atoms with E-state index < -0.39 is 0 Å². The van der Waals surface area contributed by atoms with Crippen molar-refractivity contribution < 1.29 is 0 Å².